The van der Waals surface area contributed by atoms with Crippen LogP contribution in [0, 0.1) is 0 Å². The van der Waals surface area contributed by atoms with Crippen LogP contribution in [0.5, 0.6) is 5.75 Å². The number of hydrogen-bond donors (Lipinski definition) is 2. The fraction of sp³-hybridized carbons (Fsp3) is 0.200. The molecule has 0 bridgehead atoms. The molecule has 2 N–H and O–H groups in total. The molecular weight excluding hydrogens is 511 g/mol. The summed E-state index contributed by atoms with van der Waals surface area (Å²) in [6, 6.07) is 18.9. The van der Waals surface area contributed by atoms with Gasteiger partial charge in [-0.25, -0.2) is 5.43 Å². The lowest BCUT2D eigenvalue weighted by molar-refractivity contribution is -0.171. The van der Waals surface area contributed by atoms with Crippen molar-refractivity contribution < 1.29 is 14.3 Å². The summed E-state index contributed by atoms with van der Waals surface area (Å²) in [6.45, 7) is -0.116. The van der Waals surface area contributed by atoms with Crippen LogP contribution in [0.25, 0.3) is 0 Å². The van der Waals surface area contributed by atoms with Gasteiger partial charge in [0.15, 0.2) is 0 Å². The first-order valence-electron chi connectivity index (χ1n) is 10.7. The van der Waals surface area contributed by atoms with Gasteiger partial charge in [0.05, 0.1) is 11.6 Å². The maximum atomic E-state index is 13.0. The molecule has 4 rings (SSSR count). The minimum absolute atomic E-state index is 0.116. The number of β-lactam (4-membered cyclic amide) rings is 1. The van der Waals surface area contributed by atoms with Crippen molar-refractivity contribution in [1.82, 2.24) is 10.4 Å². The molecule has 1 aliphatic heterocycles. The number of halogens is 3. The summed E-state index contributed by atoms with van der Waals surface area (Å²) in [5, 5.41) is 5.51. The van der Waals surface area contributed by atoms with E-state index in [0.717, 1.165) is 11.3 Å². The Balaban J connectivity index is 1.50. The van der Waals surface area contributed by atoms with Gasteiger partial charge in [0, 0.05) is 35.5 Å². The number of carbonyl (C=O) groups excluding carboxylic acids is 2. The maximum Gasteiger partial charge on any atom is 0.281 e. The lowest BCUT2D eigenvalue weighted by Crippen LogP contribution is -2.66. The molecule has 2 unspecified atom stereocenters. The molecule has 0 spiro atoms. The molecule has 35 heavy (non-hydrogen) atoms. The van der Waals surface area contributed by atoms with Gasteiger partial charge in [0.2, 0.25) is 12.0 Å². The van der Waals surface area contributed by atoms with Gasteiger partial charge in [-0.3, -0.25) is 14.6 Å². The van der Waals surface area contributed by atoms with Crippen LogP contribution in [0.1, 0.15) is 11.6 Å². The number of benzene rings is 3. The summed E-state index contributed by atoms with van der Waals surface area (Å²) in [7, 11) is 3.90. The molecule has 7 nitrogen and oxygen atoms in total. The Kier molecular flexibility index (Phi) is 7.72. The minimum atomic E-state index is -0.828. The normalized spacial score (nSPS) is 17.1. The predicted octanol–water partition coefficient (Wildman–Crippen LogP) is 5.19. The zero-order chi connectivity index (χ0) is 25.1. The van der Waals surface area contributed by atoms with Crippen molar-refractivity contribution >= 4 is 58.0 Å². The Bertz CT molecular complexity index is 1220. The topological polar surface area (TPSA) is 73.9 Å². The van der Waals surface area contributed by atoms with Crippen LogP contribution in [-0.4, -0.2) is 43.6 Å². The standard InChI is InChI=1S/C25H23Cl3N4O3/c1-31(2)19-10-3-15(4-11-19)23-24(35-21-12-7-17(27)13-20(21)28)25(34)32(23)29-14-22(33)30-18-8-5-16(26)6-9-18/h3-13,23-24,29H,14H2,1-2H3,(H,30,33). The molecule has 2 atom stereocenters. The minimum Gasteiger partial charge on any atom is -0.476 e. The monoisotopic (exact) mass is 532 g/mol. The molecule has 2 amide bonds. The second-order valence-electron chi connectivity index (χ2n) is 8.14. The Hall–Kier alpha value is -2.97. The molecule has 1 aliphatic rings. The van der Waals surface area contributed by atoms with E-state index in [9.17, 15) is 9.59 Å². The lowest BCUT2D eigenvalue weighted by atomic mass is 9.92. The number of amides is 2. The highest BCUT2D eigenvalue weighted by atomic mass is 35.5. The number of nitrogens with zero attached hydrogens (tertiary/aromatic N) is 2. The van der Waals surface area contributed by atoms with E-state index in [0.29, 0.717) is 26.5 Å². The fourth-order valence-corrected chi connectivity index (χ4v) is 4.23. The third-order valence-corrected chi connectivity index (χ3v) is 6.27. The Morgan fingerprint density at radius 3 is 2.26 bits per heavy atom. The highest BCUT2D eigenvalue weighted by molar-refractivity contribution is 6.35. The van der Waals surface area contributed by atoms with Crippen LogP contribution in [0.2, 0.25) is 15.1 Å². The first-order chi connectivity index (χ1) is 16.7. The molecule has 10 heteroatoms. The lowest BCUT2D eigenvalue weighted by Gasteiger charge is -2.46. The zero-order valence-electron chi connectivity index (χ0n) is 19.0. The van der Waals surface area contributed by atoms with Gasteiger partial charge in [0.25, 0.3) is 5.91 Å². The zero-order valence-corrected chi connectivity index (χ0v) is 21.2. The summed E-state index contributed by atoms with van der Waals surface area (Å²) in [4.78, 5) is 27.5. The van der Waals surface area contributed by atoms with Gasteiger partial charge in [-0.15, -0.1) is 0 Å². The highest BCUT2D eigenvalue weighted by Crippen LogP contribution is 2.39. The summed E-state index contributed by atoms with van der Waals surface area (Å²) in [6.07, 6.45) is -0.828. The molecule has 3 aromatic rings. The van der Waals surface area contributed by atoms with E-state index in [2.05, 4.69) is 10.7 Å². The van der Waals surface area contributed by atoms with Crippen molar-refractivity contribution in [3.8, 4) is 5.75 Å². The number of nitrogens with one attached hydrogen (secondary N) is 2. The highest BCUT2D eigenvalue weighted by Gasteiger charge is 2.51. The van der Waals surface area contributed by atoms with E-state index in [1.807, 2.05) is 43.3 Å². The largest absolute Gasteiger partial charge is 0.476 e. The Morgan fingerprint density at radius 1 is 0.971 bits per heavy atom. The van der Waals surface area contributed by atoms with Gasteiger partial charge in [0.1, 0.15) is 11.8 Å². The van der Waals surface area contributed by atoms with E-state index in [1.165, 1.54) is 5.01 Å². The average Bonchev–Trinajstić information content (AvgIpc) is 2.83. The molecule has 1 fully saturated rings. The van der Waals surface area contributed by atoms with Gasteiger partial charge < -0.3 is 15.0 Å². The number of ether oxygens (including phenoxy) is 1. The second kappa shape index (κ2) is 10.7. The van der Waals surface area contributed by atoms with Gasteiger partial charge >= 0.3 is 0 Å². The van der Waals surface area contributed by atoms with Gasteiger partial charge in [-0.2, -0.15) is 0 Å². The van der Waals surface area contributed by atoms with Crippen LogP contribution >= 0.6 is 34.8 Å². The number of carbonyl (C=O) groups is 2. The van der Waals surface area contributed by atoms with Crippen LogP contribution < -0.4 is 20.4 Å². The molecular formula is C25H23Cl3N4O3. The third-order valence-electron chi connectivity index (χ3n) is 5.48. The molecule has 0 aliphatic carbocycles. The van der Waals surface area contributed by atoms with Crippen LogP contribution in [0.15, 0.2) is 66.7 Å². The second-order valence-corrected chi connectivity index (χ2v) is 9.42. The van der Waals surface area contributed by atoms with E-state index in [1.54, 1.807) is 42.5 Å². The number of rotatable bonds is 8. The van der Waals surface area contributed by atoms with Crippen molar-refractivity contribution in [2.24, 2.45) is 0 Å². The molecule has 0 aromatic heterocycles. The first-order valence-corrected chi connectivity index (χ1v) is 11.9. The number of hydrazine groups is 1. The van der Waals surface area contributed by atoms with Crippen molar-refractivity contribution in [1.29, 1.82) is 0 Å². The first kappa shape index (κ1) is 25.1. The third kappa shape index (κ3) is 5.82. The van der Waals surface area contributed by atoms with Crippen LogP contribution in [-0.2, 0) is 9.59 Å². The maximum absolute atomic E-state index is 13.0. The molecule has 0 saturated carbocycles. The van der Waals surface area contributed by atoms with E-state index >= 15 is 0 Å². The van der Waals surface area contributed by atoms with Crippen LogP contribution in [0.4, 0.5) is 11.4 Å². The van der Waals surface area contributed by atoms with Crippen LogP contribution in [0.3, 0.4) is 0 Å². The van der Waals surface area contributed by atoms with E-state index in [4.69, 9.17) is 39.5 Å². The van der Waals surface area contributed by atoms with E-state index in [-0.39, 0.29) is 18.4 Å². The Labute approximate surface area is 218 Å². The predicted molar refractivity (Wildman–Crippen MR) is 139 cm³/mol. The van der Waals surface area contributed by atoms with Crippen molar-refractivity contribution in [3.63, 3.8) is 0 Å². The van der Waals surface area contributed by atoms with Crippen molar-refractivity contribution in [2.45, 2.75) is 12.1 Å². The smallest absolute Gasteiger partial charge is 0.281 e. The molecule has 1 heterocycles. The fourth-order valence-electron chi connectivity index (χ4n) is 3.65. The summed E-state index contributed by atoms with van der Waals surface area (Å²) < 4.78 is 5.99. The van der Waals surface area contributed by atoms with Crippen molar-refractivity contribution in [2.75, 3.05) is 30.9 Å². The quantitative estimate of drug-likeness (QED) is 0.390. The molecule has 182 valence electrons. The van der Waals surface area contributed by atoms with Gasteiger partial charge in [-0.05, 0) is 60.2 Å². The van der Waals surface area contributed by atoms with Gasteiger partial charge in [-0.1, -0.05) is 46.9 Å². The SMILES string of the molecule is CN(C)c1ccc(C2C(Oc3ccc(Cl)cc3Cl)C(=O)N2NCC(=O)Nc2ccc(Cl)cc2)cc1. The molecule has 0 radical (unpaired) electrons. The van der Waals surface area contributed by atoms with Crippen molar-refractivity contribution in [3.05, 3.63) is 87.4 Å². The van der Waals surface area contributed by atoms with E-state index < -0.39 is 12.1 Å². The number of hydrogen-bond acceptors (Lipinski definition) is 5. The Morgan fingerprint density at radius 2 is 1.63 bits per heavy atom. The molecule has 1 saturated heterocycles. The number of anilines is 2. The summed E-state index contributed by atoms with van der Waals surface area (Å²) in [5.41, 5.74) is 5.39. The summed E-state index contributed by atoms with van der Waals surface area (Å²) >= 11 is 18.1. The summed E-state index contributed by atoms with van der Waals surface area (Å²) in [5.74, 6) is -0.284. The molecule has 3 aromatic carbocycles. The average molecular weight is 534 g/mol.